The second-order valence-corrected chi connectivity index (χ2v) is 2.16. The number of hydrogen-bond donors (Lipinski definition) is 1. The molecule has 1 rings (SSSR count). The van der Waals surface area contributed by atoms with Crippen molar-refractivity contribution < 1.29 is 4.39 Å². The van der Waals surface area contributed by atoms with Crippen molar-refractivity contribution in [2.24, 2.45) is 5.73 Å². The summed E-state index contributed by atoms with van der Waals surface area (Å²) in [6.45, 7) is 1.70. The maximum atomic E-state index is 12.7. The molecule has 2 N–H and O–H groups in total. The summed E-state index contributed by atoms with van der Waals surface area (Å²) in [6.07, 6.45) is 1.53. The molecule has 1 aromatic heterocycles. The molecule has 0 fully saturated rings. The van der Waals surface area contributed by atoms with Crippen molar-refractivity contribution in [3.63, 3.8) is 0 Å². The van der Waals surface area contributed by atoms with Gasteiger partial charge in [-0.25, -0.2) is 4.39 Å². The molecule has 0 aliphatic carbocycles. The lowest BCUT2D eigenvalue weighted by Gasteiger charge is -2.03. The molecule has 70 valence electrons. The topological polar surface area (TPSA) is 38.9 Å². The Hall–Kier alpha value is -0.380. The lowest BCUT2D eigenvalue weighted by Crippen LogP contribution is -2.09. The van der Waals surface area contributed by atoms with E-state index >= 15 is 0 Å². The van der Waals surface area contributed by atoms with Crippen LogP contribution < -0.4 is 5.73 Å². The average Bonchev–Trinajstić information content (AvgIpc) is 1.88. The summed E-state index contributed by atoms with van der Waals surface area (Å²) >= 11 is 0. The van der Waals surface area contributed by atoms with Crippen molar-refractivity contribution in [3.8, 4) is 0 Å². The van der Waals surface area contributed by atoms with Crippen LogP contribution in [0.5, 0.6) is 0 Å². The van der Waals surface area contributed by atoms with E-state index in [0.717, 1.165) is 0 Å². The molecular weight excluding hydrogens is 202 g/mol. The van der Waals surface area contributed by atoms with Crippen molar-refractivity contribution in [1.82, 2.24) is 4.98 Å². The minimum atomic E-state index is -0.336. The van der Waals surface area contributed by atoms with Gasteiger partial charge in [0.2, 0.25) is 0 Å². The number of aromatic nitrogens is 1. The fourth-order valence-electron chi connectivity index (χ4n) is 0.733. The van der Waals surface area contributed by atoms with Gasteiger partial charge in [-0.3, -0.25) is 4.98 Å². The first-order valence-electron chi connectivity index (χ1n) is 3.08. The second-order valence-electron chi connectivity index (χ2n) is 2.16. The van der Waals surface area contributed by atoms with Crippen molar-refractivity contribution >= 4 is 24.8 Å². The summed E-state index contributed by atoms with van der Waals surface area (Å²) in [5, 5.41) is 0. The average molecular weight is 213 g/mol. The maximum absolute atomic E-state index is 12.7. The molecule has 1 atom stereocenters. The van der Waals surface area contributed by atoms with Crippen LogP contribution >= 0.6 is 24.8 Å². The Morgan fingerprint density at radius 2 is 2.08 bits per heavy atom. The van der Waals surface area contributed by atoms with E-state index in [2.05, 4.69) is 4.98 Å². The zero-order valence-electron chi connectivity index (χ0n) is 6.53. The van der Waals surface area contributed by atoms with Crippen LogP contribution in [0.2, 0.25) is 0 Å². The van der Waals surface area contributed by atoms with Crippen LogP contribution in [0.4, 0.5) is 4.39 Å². The number of nitrogens with zero attached hydrogens (tertiary/aromatic N) is 1. The molecule has 0 saturated heterocycles. The van der Waals surface area contributed by atoms with E-state index in [1.54, 1.807) is 13.0 Å². The highest BCUT2D eigenvalue weighted by Crippen LogP contribution is 2.09. The van der Waals surface area contributed by atoms with Crippen molar-refractivity contribution in [3.05, 3.63) is 29.8 Å². The minimum Gasteiger partial charge on any atom is -0.323 e. The van der Waals surface area contributed by atoms with Gasteiger partial charge in [0.25, 0.3) is 0 Å². The molecular formula is C7H11Cl2FN2. The summed E-state index contributed by atoms with van der Waals surface area (Å²) in [5.74, 6) is -0.336. The molecule has 0 saturated carbocycles. The Morgan fingerprint density at radius 3 is 2.42 bits per heavy atom. The van der Waals surface area contributed by atoms with Crippen molar-refractivity contribution in [1.29, 1.82) is 0 Å². The van der Waals surface area contributed by atoms with Gasteiger partial charge >= 0.3 is 0 Å². The third-order valence-corrected chi connectivity index (χ3v) is 1.22. The van der Waals surface area contributed by atoms with E-state index in [9.17, 15) is 4.39 Å². The van der Waals surface area contributed by atoms with Crippen LogP contribution in [0.1, 0.15) is 18.7 Å². The van der Waals surface area contributed by atoms with E-state index in [0.29, 0.717) is 5.69 Å². The Kier molecular flexibility index (Phi) is 7.28. The molecule has 0 radical (unpaired) electrons. The highest BCUT2D eigenvalue weighted by molar-refractivity contribution is 5.85. The van der Waals surface area contributed by atoms with Gasteiger partial charge in [0, 0.05) is 12.2 Å². The van der Waals surface area contributed by atoms with E-state index in [4.69, 9.17) is 5.73 Å². The minimum absolute atomic E-state index is 0. The van der Waals surface area contributed by atoms with Gasteiger partial charge in [-0.05, 0) is 19.1 Å². The maximum Gasteiger partial charge on any atom is 0.146 e. The SMILES string of the molecule is C[C@@H](N)c1ncccc1F.Cl.Cl. The van der Waals surface area contributed by atoms with Crippen LogP contribution in [0, 0.1) is 5.82 Å². The highest BCUT2D eigenvalue weighted by Gasteiger charge is 2.05. The fourth-order valence-corrected chi connectivity index (χ4v) is 0.733. The van der Waals surface area contributed by atoms with Crippen molar-refractivity contribution in [2.75, 3.05) is 0 Å². The monoisotopic (exact) mass is 212 g/mol. The van der Waals surface area contributed by atoms with Gasteiger partial charge in [-0.15, -0.1) is 24.8 Å². The van der Waals surface area contributed by atoms with E-state index in [-0.39, 0.29) is 36.7 Å². The van der Waals surface area contributed by atoms with Crippen LogP contribution in [0.3, 0.4) is 0 Å². The molecule has 1 aromatic rings. The first-order valence-corrected chi connectivity index (χ1v) is 3.08. The molecule has 0 amide bonds. The lowest BCUT2D eigenvalue weighted by molar-refractivity contribution is 0.579. The molecule has 12 heavy (non-hydrogen) atoms. The van der Waals surface area contributed by atoms with E-state index in [1.165, 1.54) is 12.3 Å². The molecule has 1 heterocycles. The number of halogens is 3. The zero-order chi connectivity index (χ0) is 7.56. The van der Waals surface area contributed by atoms with Gasteiger partial charge in [0.15, 0.2) is 0 Å². The van der Waals surface area contributed by atoms with E-state index < -0.39 is 0 Å². The normalized spacial score (nSPS) is 10.9. The van der Waals surface area contributed by atoms with Gasteiger partial charge < -0.3 is 5.73 Å². The Balaban J connectivity index is 0. The van der Waals surface area contributed by atoms with Crippen LogP contribution in [0.15, 0.2) is 18.3 Å². The van der Waals surface area contributed by atoms with Gasteiger partial charge in [-0.2, -0.15) is 0 Å². The van der Waals surface area contributed by atoms with E-state index in [1.807, 2.05) is 0 Å². The molecule has 5 heteroatoms. The van der Waals surface area contributed by atoms with Crippen LogP contribution in [-0.2, 0) is 0 Å². The summed E-state index contributed by atoms with van der Waals surface area (Å²) < 4.78 is 12.7. The molecule has 0 aromatic carbocycles. The molecule has 0 spiro atoms. The number of rotatable bonds is 1. The predicted molar refractivity (Wildman–Crippen MR) is 51.3 cm³/mol. The summed E-state index contributed by atoms with van der Waals surface area (Å²) in [6, 6.07) is 2.56. The number of pyridine rings is 1. The van der Waals surface area contributed by atoms with Crippen molar-refractivity contribution in [2.45, 2.75) is 13.0 Å². The highest BCUT2D eigenvalue weighted by atomic mass is 35.5. The number of hydrogen-bond acceptors (Lipinski definition) is 2. The van der Waals surface area contributed by atoms with Gasteiger partial charge in [-0.1, -0.05) is 0 Å². The molecule has 0 unspecified atom stereocenters. The second kappa shape index (κ2) is 6.17. The molecule has 2 nitrogen and oxygen atoms in total. The summed E-state index contributed by atoms with van der Waals surface area (Å²) in [5.41, 5.74) is 5.73. The first-order chi connectivity index (χ1) is 4.72. The lowest BCUT2D eigenvalue weighted by atomic mass is 10.2. The number of nitrogens with two attached hydrogens (primary N) is 1. The van der Waals surface area contributed by atoms with Gasteiger partial charge in [0.05, 0.1) is 5.69 Å². The Labute approximate surface area is 83.2 Å². The zero-order valence-corrected chi connectivity index (χ0v) is 8.16. The summed E-state index contributed by atoms with van der Waals surface area (Å²) in [7, 11) is 0. The molecule has 0 aliphatic heterocycles. The fraction of sp³-hybridized carbons (Fsp3) is 0.286. The third kappa shape index (κ3) is 3.34. The summed E-state index contributed by atoms with van der Waals surface area (Å²) in [4.78, 5) is 3.78. The van der Waals surface area contributed by atoms with Crippen LogP contribution in [-0.4, -0.2) is 4.98 Å². The standard InChI is InChI=1S/C7H9FN2.2ClH/c1-5(9)7-6(8)3-2-4-10-7;;/h2-5H,9H2,1H3;2*1H/t5-;;/m1../s1. The quantitative estimate of drug-likeness (QED) is 0.775. The Morgan fingerprint density at radius 1 is 1.50 bits per heavy atom. The van der Waals surface area contributed by atoms with Crippen LogP contribution in [0.25, 0.3) is 0 Å². The largest absolute Gasteiger partial charge is 0.323 e. The molecule has 0 bridgehead atoms. The predicted octanol–water partition coefficient (Wildman–Crippen LogP) is 2.08. The molecule has 0 aliphatic rings. The third-order valence-electron chi connectivity index (χ3n) is 1.22. The smallest absolute Gasteiger partial charge is 0.146 e. The first kappa shape index (κ1) is 14.2. The Bertz CT molecular complexity index is 230. The van der Waals surface area contributed by atoms with Gasteiger partial charge in [0.1, 0.15) is 5.82 Å².